The minimum absolute atomic E-state index is 0.0136. The number of nitrogens with zero attached hydrogens (tertiary/aromatic N) is 3. The summed E-state index contributed by atoms with van der Waals surface area (Å²) in [6, 6.07) is 16.5. The zero-order valence-electron chi connectivity index (χ0n) is 24.2. The fourth-order valence-corrected chi connectivity index (χ4v) is 6.22. The van der Waals surface area contributed by atoms with Crippen molar-refractivity contribution in [2.75, 3.05) is 18.4 Å². The second-order valence-corrected chi connectivity index (χ2v) is 11.8. The maximum absolute atomic E-state index is 13.1. The lowest BCUT2D eigenvalue weighted by atomic mass is 9.96. The van der Waals surface area contributed by atoms with E-state index in [1.54, 1.807) is 31.5 Å². The number of carbonyl (C=O) groups is 1. The molecule has 0 spiro atoms. The molecule has 1 amide bonds. The first-order valence-electron chi connectivity index (χ1n) is 14.2. The van der Waals surface area contributed by atoms with Gasteiger partial charge in [-0.3, -0.25) is 14.5 Å². The monoisotopic (exact) mass is 628 g/mol. The van der Waals surface area contributed by atoms with Gasteiger partial charge < -0.3 is 19.4 Å². The molecule has 8 nitrogen and oxygen atoms in total. The van der Waals surface area contributed by atoms with Crippen LogP contribution in [0, 0.1) is 6.92 Å². The molecule has 224 valence electrons. The number of rotatable bonds is 7. The number of likely N-dealkylation sites (tertiary alicyclic amines) is 1. The number of aromatic nitrogens is 2. The lowest BCUT2D eigenvalue weighted by Gasteiger charge is -2.14. The maximum atomic E-state index is 13.1. The van der Waals surface area contributed by atoms with E-state index in [-0.39, 0.29) is 11.7 Å². The highest BCUT2D eigenvalue weighted by atomic mass is 35.5. The van der Waals surface area contributed by atoms with Crippen molar-refractivity contribution in [3.8, 4) is 22.6 Å². The minimum atomic E-state index is -0.567. The quantitative estimate of drug-likeness (QED) is 0.202. The first-order chi connectivity index (χ1) is 21.1. The van der Waals surface area contributed by atoms with Gasteiger partial charge in [-0.05, 0) is 65.9 Å². The Labute approximate surface area is 264 Å². The normalized spacial score (nSPS) is 15.2. The molecule has 1 fully saturated rings. The fourth-order valence-electron chi connectivity index (χ4n) is 5.66. The van der Waals surface area contributed by atoms with Crippen LogP contribution >= 0.6 is 23.2 Å². The number of aliphatic hydroxyl groups excluding tert-OH is 1. The third-order valence-corrected chi connectivity index (χ3v) is 8.63. The summed E-state index contributed by atoms with van der Waals surface area (Å²) in [6.07, 6.45) is 3.66. The Bertz CT molecular complexity index is 2000. The largest absolute Gasteiger partial charge is 0.434 e. The van der Waals surface area contributed by atoms with Crippen LogP contribution < -0.4 is 10.9 Å². The van der Waals surface area contributed by atoms with Crippen molar-refractivity contribution >= 4 is 52.0 Å². The van der Waals surface area contributed by atoms with Gasteiger partial charge in [0.15, 0.2) is 5.58 Å². The van der Waals surface area contributed by atoms with Crippen molar-refractivity contribution < 1.29 is 14.3 Å². The second kappa shape index (κ2) is 12.1. The summed E-state index contributed by atoms with van der Waals surface area (Å²) in [4.78, 5) is 32.8. The number of benzene rings is 3. The SMILES string of the molecule is C=Cc1cc(C(=O)Nc2cccc(-c3cccc(-c4nc5cc(CN6CCC(O)C6)cc(Cl)c5o4)c3C)c2Cl)c(=O)n(C)c1. The van der Waals surface area contributed by atoms with Gasteiger partial charge in [-0.15, -0.1) is 0 Å². The highest BCUT2D eigenvalue weighted by molar-refractivity contribution is 6.36. The van der Waals surface area contributed by atoms with Crippen molar-refractivity contribution in [3.63, 3.8) is 0 Å². The van der Waals surface area contributed by atoms with Gasteiger partial charge in [-0.2, -0.15) is 0 Å². The third kappa shape index (κ3) is 5.69. The van der Waals surface area contributed by atoms with E-state index in [1.807, 2.05) is 43.3 Å². The summed E-state index contributed by atoms with van der Waals surface area (Å²) in [6.45, 7) is 7.83. The zero-order chi connectivity index (χ0) is 31.1. The van der Waals surface area contributed by atoms with Gasteiger partial charge in [0.2, 0.25) is 5.89 Å². The van der Waals surface area contributed by atoms with Gasteiger partial charge in [0.1, 0.15) is 11.1 Å². The van der Waals surface area contributed by atoms with Crippen LogP contribution in [0.25, 0.3) is 39.8 Å². The average molecular weight is 630 g/mol. The predicted molar refractivity (Wildman–Crippen MR) is 175 cm³/mol. The molecule has 0 radical (unpaired) electrons. The molecule has 44 heavy (non-hydrogen) atoms. The molecular weight excluding hydrogens is 599 g/mol. The number of hydrogen-bond donors (Lipinski definition) is 2. The number of carbonyl (C=O) groups excluding carboxylic acids is 1. The van der Waals surface area contributed by atoms with Crippen LogP contribution in [0.2, 0.25) is 10.0 Å². The van der Waals surface area contributed by atoms with E-state index in [1.165, 1.54) is 10.6 Å². The molecule has 3 heterocycles. The lowest BCUT2D eigenvalue weighted by Crippen LogP contribution is -2.27. The predicted octanol–water partition coefficient (Wildman–Crippen LogP) is 6.94. The Balaban J connectivity index is 1.32. The first-order valence-corrected chi connectivity index (χ1v) is 14.9. The van der Waals surface area contributed by atoms with E-state index in [0.717, 1.165) is 35.2 Å². The van der Waals surface area contributed by atoms with Crippen molar-refractivity contribution in [3.05, 3.63) is 110 Å². The lowest BCUT2D eigenvalue weighted by molar-refractivity contribution is 0.102. The molecule has 10 heteroatoms. The molecule has 0 saturated carbocycles. The number of oxazole rings is 1. The standard InChI is InChI=1S/C34H30Cl2N4O4/c1-4-20-13-26(34(43)39(3)16-20)32(42)37-28-10-6-9-25(30(28)36)23-7-5-8-24(19(23)2)33-38-29-15-21(14-27(35)31(29)44-33)17-40-12-11-22(41)18-40/h4-10,13-16,22,41H,1,11-12,17-18H2,2-3H3,(H,37,42). The number of fused-ring (bicyclic) bond motifs is 1. The Morgan fingerprint density at radius 1 is 1.16 bits per heavy atom. The van der Waals surface area contributed by atoms with Crippen molar-refractivity contribution in [1.29, 1.82) is 0 Å². The third-order valence-electron chi connectivity index (χ3n) is 7.94. The Morgan fingerprint density at radius 2 is 1.91 bits per heavy atom. The van der Waals surface area contributed by atoms with Crippen molar-refractivity contribution in [1.82, 2.24) is 14.5 Å². The molecule has 2 aromatic heterocycles. The number of anilines is 1. The van der Waals surface area contributed by atoms with Crippen LogP contribution in [0.15, 0.2) is 76.6 Å². The molecule has 1 unspecified atom stereocenters. The first kappa shape index (κ1) is 29.8. The molecule has 2 N–H and O–H groups in total. The Hall–Kier alpha value is -4.21. The zero-order valence-corrected chi connectivity index (χ0v) is 25.7. The second-order valence-electron chi connectivity index (χ2n) is 11.0. The maximum Gasteiger partial charge on any atom is 0.263 e. The number of aliphatic hydroxyl groups is 1. The van der Waals surface area contributed by atoms with Gasteiger partial charge in [0.25, 0.3) is 11.5 Å². The summed E-state index contributed by atoms with van der Waals surface area (Å²) < 4.78 is 7.51. The highest BCUT2D eigenvalue weighted by Crippen LogP contribution is 2.39. The number of amides is 1. The van der Waals surface area contributed by atoms with E-state index in [4.69, 9.17) is 32.6 Å². The van der Waals surface area contributed by atoms with Gasteiger partial charge >= 0.3 is 0 Å². The molecule has 1 aliphatic rings. The van der Waals surface area contributed by atoms with Crippen LogP contribution in [-0.4, -0.2) is 44.7 Å². The van der Waals surface area contributed by atoms with Gasteiger partial charge in [-0.25, -0.2) is 4.98 Å². The molecule has 5 aromatic rings. The van der Waals surface area contributed by atoms with Crippen LogP contribution in [-0.2, 0) is 13.6 Å². The number of aryl methyl sites for hydroxylation is 1. The Morgan fingerprint density at radius 3 is 2.66 bits per heavy atom. The van der Waals surface area contributed by atoms with Gasteiger partial charge in [0, 0.05) is 44.0 Å². The van der Waals surface area contributed by atoms with Gasteiger partial charge in [0.05, 0.1) is 21.8 Å². The van der Waals surface area contributed by atoms with E-state index in [9.17, 15) is 14.7 Å². The van der Waals surface area contributed by atoms with E-state index in [2.05, 4.69) is 16.8 Å². The van der Waals surface area contributed by atoms with E-state index in [0.29, 0.717) is 56.9 Å². The fraction of sp³-hybridized carbons (Fsp3) is 0.206. The molecule has 3 aromatic carbocycles. The number of pyridine rings is 1. The van der Waals surface area contributed by atoms with E-state index < -0.39 is 11.5 Å². The summed E-state index contributed by atoms with van der Waals surface area (Å²) in [7, 11) is 1.58. The van der Waals surface area contributed by atoms with Crippen LogP contribution in [0.4, 0.5) is 5.69 Å². The topological polar surface area (TPSA) is 101 Å². The molecule has 1 saturated heterocycles. The van der Waals surface area contributed by atoms with Crippen LogP contribution in [0.1, 0.15) is 33.5 Å². The highest BCUT2D eigenvalue weighted by Gasteiger charge is 2.22. The molecule has 0 aliphatic carbocycles. The molecule has 0 bridgehead atoms. The molecular formula is C34H30Cl2N4O4. The van der Waals surface area contributed by atoms with Crippen molar-refractivity contribution in [2.24, 2.45) is 7.05 Å². The summed E-state index contributed by atoms with van der Waals surface area (Å²) in [5.74, 6) is -0.143. The Kier molecular flexibility index (Phi) is 8.18. The number of halogens is 2. The number of nitrogens with one attached hydrogen (secondary N) is 1. The molecule has 6 rings (SSSR count). The smallest absolute Gasteiger partial charge is 0.263 e. The van der Waals surface area contributed by atoms with Crippen LogP contribution in [0.5, 0.6) is 0 Å². The molecule has 1 aliphatic heterocycles. The summed E-state index contributed by atoms with van der Waals surface area (Å²) >= 11 is 13.5. The summed E-state index contributed by atoms with van der Waals surface area (Å²) in [5, 5.41) is 13.5. The minimum Gasteiger partial charge on any atom is -0.434 e. The van der Waals surface area contributed by atoms with Gasteiger partial charge in [-0.1, -0.05) is 60.1 Å². The van der Waals surface area contributed by atoms with Crippen molar-refractivity contribution in [2.45, 2.75) is 26.0 Å². The average Bonchev–Trinajstić information content (AvgIpc) is 3.61. The molecule has 1 atom stereocenters. The number of hydrogen-bond acceptors (Lipinski definition) is 6. The van der Waals surface area contributed by atoms with E-state index >= 15 is 0 Å². The van der Waals surface area contributed by atoms with Crippen LogP contribution in [0.3, 0.4) is 0 Å². The summed E-state index contributed by atoms with van der Waals surface area (Å²) in [5.41, 5.74) is 5.91. The number of β-amino-alcohol motifs (C(OH)–C–C–N with tert-alkyl or cyclic N) is 1.